The average molecular weight is 1270 g/mol. The molecule has 4 nitrogen and oxygen atoms in total. The summed E-state index contributed by atoms with van der Waals surface area (Å²) in [5, 5.41) is 9.53. The van der Waals surface area contributed by atoms with Gasteiger partial charge in [0, 0.05) is 77.3 Å². The summed E-state index contributed by atoms with van der Waals surface area (Å²) in [5.41, 5.74) is 30.2. The zero-order valence-corrected chi connectivity index (χ0v) is 54.4. The van der Waals surface area contributed by atoms with Gasteiger partial charge in [-0.3, -0.25) is 0 Å². The van der Waals surface area contributed by atoms with Gasteiger partial charge in [-0.25, -0.2) is 0 Å². The van der Waals surface area contributed by atoms with Crippen molar-refractivity contribution in [2.45, 2.75) is 0 Å². The Balaban J connectivity index is 0.000000135. The fourth-order valence-electron chi connectivity index (χ4n) is 16.0. The first kappa shape index (κ1) is 57.0. The fraction of sp³-hybridized carbons (Fsp3) is 0. The van der Waals surface area contributed by atoms with Crippen LogP contribution >= 0.6 is 0 Å². The molecule has 0 saturated heterocycles. The molecule has 2 aliphatic rings. The summed E-state index contributed by atoms with van der Waals surface area (Å²) in [6.45, 7) is 0. The molecule has 0 saturated carbocycles. The quantitative estimate of drug-likeness (QED) is 0.152. The van der Waals surface area contributed by atoms with Gasteiger partial charge >= 0.3 is 0 Å². The Morgan fingerprint density at radius 3 is 0.920 bits per heavy atom. The number of nitrogens with zero attached hydrogens (tertiary/aromatic N) is 2. The maximum atomic E-state index is 7.01. The highest BCUT2D eigenvalue weighted by atomic mass is 16.3. The van der Waals surface area contributed by atoms with E-state index in [1.807, 2.05) is 0 Å². The summed E-state index contributed by atoms with van der Waals surface area (Å²) in [6.07, 6.45) is 0. The number of anilines is 3. The Morgan fingerprint density at radius 1 is 0.220 bits per heavy atom. The predicted octanol–water partition coefficient (Wildman–Crippen LogP) is 27.0. The first-order valence-electron chi connectivity index (χ1n) is 34.3. The number of para-hydroxylation sites is 4. The summed E-state index contributed by atoms with van der Waals surface area (Å²) < 4.78 is 16.4. The van der Waals surface area contributed by atoms with Crippen molar-refractivity contribution in [3.05, 3.63) is 364 Å². The summed E-state index contributed by atoms with van der Waals surface area (Å²) in [7, 11) is 0. The van der Waals surface area contributed by atoms with Crippen LogP contribution in [0.3, 0.4) is 0 Å². The highest BCUT2D eigenvalue weighted by molar-refractivity contribution is 6.24. The standard InChI is InChI=1S/C48H29NO.C48H31NO/c1-2-12-35-33(11-1)29-42-38-15-4-3-13-36(38)37-14-5-6-18-41(37)45-46(42)48(35)50-47(45)32-23-21-30(22-24-32)31-25-27-34(28-26-31)49-43-19-9-7-16-39(43)40-17-8-10-20-44(40)49;1-3-14-36(15-4-1)49(37-16-5-2-6-17-37)38-29-27-33(28-30-38)32-23-25-34(26-24-32)47-45-43-22-12-11-20-41(43)40-19-9-10-21-42(40)44-31-35-13-7-8-18-39(35)48(50-47)46(44)45/h1-29H;1-31H. The summed E-state index contributed by atoms with van der Waals surface area (Å²) >= 11 is 0. The van der Waals surface area contributed by atoms with Crippen LogP contribution in [0, 0.1) is 0 Å². The smallest absolute Gasteiger partial charge is 0.143 e. The van der Waals surface area contributed by atoms with Crippen LogP contribution in [0.15, 0.2) is 373 Å². The summed E-state index contributed by atoms with van der Waals surface area (Å²) in [4.78, 5) is 2.29. The van der Waals surface area contributed by atoms with E-state index in [0.717, 1.165) is 89.6 Å². The number of rotatable bonds is 8. The van der Waals surface area contributed by atoms with Crippen LogP contribution in [0.25, 0.3) is 183 Å². The molecule has 0 aliphatic heterocycles. The Morgan fingerprint density at radius 2 is 0.510 bits per heavy atom. The molecule has 0 unspecified atom stereocenters. The van der Waals surface area contributed by atoms with Crippen LogP contribution in [0.1, 0.15) is 0 Å². The van der Waals surface area contributed by atoms with E-state index >= 15 is 0 Å². The number of furan rings is 2. The molecule has 0 spiro atoms. The maximum absolute atomic E-state index is 7.01. The van der Waals surface area contributed by atoms with Crippen molar-refractivity contribution in [3.8, 4) is 117 Å². The molecule has 21 rings (SSSR count). The lowest BCUT2D eigenvalue weighted by molar-refractivity contribution is 0.635. The van der Waals surface area contributed by atoms with Gasteiger partial charge in [-0.15, -0.1) is 0 Å². The van der Waals surface area contributed by atoms with Crippen LogP contribution in [0.5, 0.6) is 0 Å². The molecule has 3 aromatic heterocycles. The molecular weight excluding hydrogens is 1210 g/mol. The van der Waals surface area contributed by atoms with E-state index in [0.29, 0.717) is 0 Å². The van der Waals surface area contributed by atoms with E-state index in [1.165, 1.54) is 110 Å². The molecule has 19 aromatic rings. The lowest BCUT2D eigenvalue weighted by atomic mass is 9.93. The molecule has 100 heavy (non-hydrogen) atoms. The van der Waals surface area contributed by atoms with E-state index in [1.54, 1.807) is 0 Å². The van der Waals surface area contributed by atoms with E-state index in [-0.39, 0.29) is 0 Å². The molecule has 0 atom stereocenters. The number of benzene rings is 16. The van der Waals surface area contributed by atoms with Gasteiger partial charge in [0.1, 0.15) is 22.7 Å². The third-order valence-electron chi connectivity index (χ3n) is 20.6. The topological polar surface area (TPSA) is 34.5 Å². The molecule has 4 heteroatoms. The molecular formula is C96H60N2O2. The van der Waals surface area contributed by atoms with Gasteiger partial charge in [0.2, 0.25) is 0 Å². The Hall–Kier alpha value is -13.3. The molecule has 3 heterocycles. The number of aromatic nitrogens is 1. The van der Waals surface area contributed by atoms with Crippen LogP contribution in [-0.4, -0.2) is 4.57 Å². The Kier molecular flexibility index (Phi) is 13.2. The van der Waals surface area contributed by atoms with Crippen LogP contribution in [0.4, 0.5) is 17.1 Å². The van der Waals surface area contributed by atoms with Gasteiger partial charge in [-0.1, -0.05) is 291 Å². The molecule has 0 N–H and O–H groups in total. The van der Waals surface area contributed by atoms with Gasteiger partial charge in [0.15, 0.2) is 0 Å². The van der Waals surface area contributed by atoms with Crippen LogP contribution < -0.4 is 4.90 Å². The molecule has 0 radical (unpaired) electrons. The van der Waals surface area contributed by atoms with Gasteiger partial charge < -0.3 is 18.3 Å². The van der Waals surface area contributed by atoms with E-state index in [2.05, 4.69) is 373 Å². The van der Waals surface area contributed by atoms with Crippen molar-refractivity contribution in [2.24, 2.45) is 0 Å². The van der Waals surface area contributed by atoms with Gasteiger partial charge in [0.05, 0.1) is 11.0 Å². The van der Waals surface area contributed by atoms with Crippen molar-refractivity contribution in [1.82, 2.24) is 4.57 Å². The number of hydrogen-bond acceptors (Lipinski definition) is 3. The Bertz CT molecular complexity index is 6320. The predicted molar refractivity (Wildman–Crippen MR) is 418 cm³/mol. The molecule has 2 aliphatic carbocycles. The van der Waals surface area contributed by atoms with Crippen molar-refractivity contribution >= 4 is 82.4 Å². The van der Waals surface area contributed by atoms with Crippen molar-refractivity contribution in [2.75, 3.05) is 4.90 Å². The fourth-order valence-corrected chi connectivity index (χ4v) is 16.0. The number of hydrogen-bond donors (Lipinski definition) is 0. The van der Waals surface area contributed by atoms with Crippen molar-refractivity contribution in [1.29, 1.82) is 0 Å². The van der Waals surface area contributed by atoms with Gasteiger partial charge in [-0.2, -0.15) is 0 Å². The molecule has 16 aromatic carbocycles. The SMILES string of the molecule is c1ccc(N(c2ccccc2)c2ccc(-c3ccc(-c4oc5c6c(cc7ccccc75)-c5ccccc5-c5ccccc5-c46)cc3)cc2)cc1.c1ccc2c(c1)-c1ccccc1-c1c(-c3ccc(-c4ccc(-n5c6ccccc6c6ccccc65)cc4)cc3)oc3c1c-2cc1ccccc13. The monoisotopic (exact) mass is 1270 g/mol. The zero-order chi connectivity index (χ0) is 65.8. The first-order valence-corrected chi connectivity index (χ1v) is 34.3. The van der Waals surface area contributed by atoms with Crippen molar-refractivity contribution in [3.63, 3.8) is 0 Å². The van der Waals surface area contributed by atoms with E-state index in [9.17, 15) is 0 Å². The Labute approximate surface area is 578 Å². The minimum atomic E-state index is 0.904. The summed E-state index contributed by atoms with van der Waals surface area (Å²) in [6, 6.07) is 131. The normalized spacial score (nSPS) is 11.8. The van der Waals surface area contributed by atoms with Crippen molar-refractivity contribution < 1.29 is 8.83 Å². The molecule has 0 bridgehead atoms. The first-order chi connectivity index (χ1) is 49.6. The molecule has 466 valence electrons. The van der Waals surface area contributed by atoms with Gasteiger partial charge in [0.25, 0.3) is 0 Å². The second-order valence-electron chi connectivity index (χ2n) is 26.1. The average Bonchev–Trinajstić information content (AvgIpc) is 1.56. The maximum Gasteiger partial charge on any atom is 0.143 e. The second-order valence-corrected chi connectivity index (χ2v) is 26.1. The van der Waals surface area contributed by atoms with Crippen LogP contribution in [-0.2, 0) is 0 Å². The second kappa shape index (κ2) is 23.2. The minimum Gasteiger partial charge on any atom is -0.455 e. The number of fused-ring (bicyclic) bond motifs is 17. The lowest BCUT2D eigenvalue weighted by Crippen LogP contribution is -2.09. The highest BCUT2D eigenvalue weighted by Gasteiger charge is 2.31. The molecule has 0 amide bonds. The third-order valence-corrected chi connectivity index (χ3v) is 20.6. The van der Waals surface area contributed by atoms with Crippen LogP contribution in [0.2, 0.25) is 0 Å². The molecule has 0 fully saturated rings. The van der Waals surface area contributed by atoms with E-state index < -0.39 is 0 Å². The van der Waals surface area contributed by atoms with Gasteiger partial charge in [-0.05, 0) is 161 Å². The minimum absolute atomic E-state index is 0.904. The summed E-state index contributed by atoms with van der Waals surface area (Å²) in [5.74, 6) is 1.81. The van der Waals surface area contributed by atoms with E-state index in [4.69, 9.17) is 8.83 Å². The third kappa shape index (κ3) is 9.15. The zero-order valence-electron chi connectivity index (χ0n) is 54.4. The lowest BCUT2D eigenvalue weighted by Gasteiger charge is -2.25. The highest BCUT2D eigenvalue weighted by Crippen LogP contribution is 2.56. The largest absolute Gasteiger partial charge is 0.455 e.